The predicted octanol–water partition coefficient (Wildman–Crippen LogP) is 6.01. The summed E-state index contributed by atoms with van der Waals surface area (Å²) in [5.41, 5.74) is 0. The maximum Gasteiger partial charge on any atom is 0.0132 e. The molecule has 0 N–H and O–H groups in total. The molecule has 1 heteroatoms. The first-order valence-corrected chi connectivity index (χ1v) is 9.33. The highest BCUT2D eigenvalue weighted by atomic mass is 15.1. The van der Waals surface area contributed by atoms with E-state index in [9.17, 15) is 0 Å². The van der Waals surface area contributed by atoms with E-state index in [1.165, 1.54) is 25.7 Å². The first-order valence-electron chi connectivity index (χ1n) is 9.33. The van der Waals surface area contributed by atoms with E-state index in [1.807, 2.05) is 0 Å². The van der Waals surface area contributed by atoms with E-state index in [1.54, 1.807) is 0 Å². The molecule has 0 saturated heterocycles. The first-order chi connectivity index (χ1) is 9.96. The van der Waals surface area contributed by atoms with Crippen molar-refractivity contribution in [2.24, 2.45) is 23.7 Å². The molecule has 0 aromatic heterocycles. The predicted molar refractivity (Wildman–Crippen MR) is 97.7 cm³/mol. The molecular weight excluding hydrogens is 254 g/mol. The van der Waals surface area contributed by atoms with Crippen LogP contribution in [0.2, 0.25) is 0 Å². The van der Waals surface area contributed by atoms with Gasteiger partial charge in [0.25, 0.3) is 0 Å². The van der Waals surface area contributed by atoms with E-state index < -0.39 is 0 Å². The van der Waals surface area contributed by atoms with Gasteiger partial charge in [0.1, 0.15) is 0 Å². The van der Waals surface area contributed by atoms with Crippen molar-refractivity contribution in [2.75, 3.05) is 13.1 Å². The third kappa shape index (κ3) is 6.55. The van der Waals surface area contributed by atoms with Crippen molar-refractivity contribution >= 4 is 0 Å². The van der Waals surface area contributed by atoms with Crippen LogP contribution in [-0.4, -0.2) is 24.0 Å². The van der Waals surface area contributed by atoms with E-state index in [0.717, 1.165) is 30.8 Å². The second-order valence-electron chi connectivity index (χ2n) is 6.93. The van der Waals surface area contributed by atoms with Crippen LogP contribution in [0.4, 0.5) is 0 Å². The molecule has 0 aliphatic rings. The molecule has 0 aliphatic heterocycles. The molecule has 0 aliphatic carbocycles. The van der Waals surface area contributed by atoms with Crippen LogP contribution in [0.3, 0.4) is 0 Å². The molecule has 0 aromatic rings. The van der Waals surface area contributed by atoms with Crippen molar-refractivity contribution < 1.29 is 0 Å². The van der Waals surface area contributed by atoms with E-state index >= 15 is 0 Å². The second-order valence-corrected chi connectivity index (χ2v) is 6.93. The van der Waals surface area contributed by atoms with Crippen LogP contribution >= 0.6 is 0 Å². The van der Waals surface area contributed by atoms with Crippen molar-refractivity contribution in [1.82, 2.24) is 4.90 Å². The minimum absolute atomic E-state index is 0.601. The number of hydrogen-bond donors (Lipinski definition) is 0. The number of rotatable bonds is 12. The molecule has 0 amide bonds. The lowest BCUT2D eigenvalue weighted by atomic mass is 9.73. The summed E-state index contributed by atoms with van der Waals surface area (Å²) in [6.07, 6.45) is 7.57. The van der Waals surface area contributed by atoms with Crippen LogP contribution in [0.25, 0.3) is 0 Å². The highest BCUT2D eigenvalue weighted by Gasteiger charge is 2.30. The molecule has 0 fully saturated rings. The Kier molecular flexibility index (Phi) is 11.1. The fourth-order valence-electron chi connectivity index (χ4n) is 3.86. The Morgan fingerprint density at radius 2 is 1.57 bits per heavy atom. The van der Waals surface area contributed by atoms with Gasteiger partial charge in [-0.3, -0.25) is 0 Å². The summed E-state index contributed by atoms with van der Waals surface area (Å²) < 4.78 is 0. The second kappa shape index (κ2) is 11.3. The number of hydrogen-bond acceptors (Lipinski definition) is 1. The molecule has 0 bridgehead atoms. The standard InChI is InChI=1S/C20H41N/c1-9-14-19(15-16(6)10-2)17(7)20(11-3)18(8)21(12-4)13-5/h11,16-20H,3,9-10,12-15H2,1-2,4-8H3. The maximum atomic E-state index is 4.17. The van der Waals surface area contributed by atoms with E-state index in [-0.39, 0.29) is 0 Å². The normalized spacial score (nSPS) is 19.0. The van der Waals surface area contributed by atoms with Crippen molar-refractivity contribution in [3.63, 3.8) is 0 Å². The third-order valence-corrected chi connectivity index (χ3v) is 5.63. The molecule has 126 valence electrons. The monoisotopic (exact) mass is 295 g/mol. The Morgan fingerprint density at radius 1 is 1.00 bits per heavy atom. The van der Waals surface area contributed by atoms with Crippen molar-refractivity contribution in [1.29, 1.82) is 0 Å². The Bertz CT molecular complexity index is 257. The van der Waals surface area contributed by atoms with Gasteiger partial charge in [-0.1, -0.05) is 66.9 Å². The Morgan fingerprint density at radius 3 is 1.95 bits per heavy atom. The van der Waals surface area contributed by atoms with Gasteiger partial charge in [0.2, 0.25) is 0 Å². The number of nitrogens with zero attached hydrogens (tertiary/aromatic N) is 1. The highest BCUT2D eigenvalue weighted by molar-refractivity contribution is 4.93. The van der Waals surface area contributed by atoms with E-state index in [0.29, 0.717) is 12.0 Å². The van der Waals surface area contributed by atoms with Crippen LogP contribution in [0.1, 0.15) is 74.1 Å². The minimum atomic E-state index is 0.601. The Hall–Kier alpha value is -0.300. The minimum Gasteiger partial charge on any atom is -0.301 e. The summed E-state index contributed by atoms with van der Waals surface area (Å²) in [7, 11) is 0. The van der Waals surface area contributed by atoms with Gasteiger partial charge in [0.15, 0.2) is 0 Å². The van der Waals surface area contributed by atoms with Crippen molar-refractivity contribution in [3.05, 3.63) is 12.7 Å². The molecular formula is C20H41N. The quantitative estimate of drug-likeness (QED) is 0.399. The Balaban J connectivity index is 4.98. The smallest absolute Gasteiger partial charge is 0.0132 e. The lowest BCUT2D eigenvalue weighted by Gasteiger charge is -2.39. The lowest BCUT2D eigenvalue weighted by Crippen LogP contribution is -2.41. The molecule has 21 heavy (non-hydrogen) atoms. The van der Waals surface area contributed by atoms with Crippen molar-refractivity contribution in [3.8, 4) is 0 Å². The maximum absolute atomic E-state index is 4.17. The fraction of sp³-hybridized carbons (Fsp3) is 0.900. The van der Waals surface area contributed by atoms with Gasteiger partial charge in [-0.2, -0.15) is 0 Å². The molecule has 5 atom stereocenters. The summed E-state index contributed by atoms with van der Waals surface area (Å²) in [6, 6.07) is 0.601. The van der Waals surface area contributed by atoms with E-state index in [4.69, 9.17) is 0 Å². The van der Waals surface area contributed by atoms with Crippen LogP contribution in [0.15, 0.2) is 12.7 Å². The van der Waals surface area contributed by atoms with Gasteiger partial charge in [-0.15, -0.1) is 6.58 Å². The third-order valence-electron chi connectivity index (χ3n) is 5.63. The lowest BCUT2D eigenvalue weighted by molar-refractivity contribution is 0.123. The zero-order valence-corrected chi connectivity index (χ0v) is 15.9. The van der Waals surface area contributed by atoms with Gasteiger partial charge in [-0.05, 0) is 50.1 Å². The highest BCUT2D eigenvalue weighted by Crippen LogP contribution is 2.34. The molecule has 0 aromatic carbocycles. The molecule has 1 nitrogen and oxygen atoms in total. The van der Waals surface area contributed by atoms with Crippen LogP contribution < -0.4 is 0 Å². The fourth-order valence-corrected chi connectivity index (χ4v) is 3.86. The summed E-state index contributed by atoms with van der Waals surface area (Å²) >= 11 is 0. The SMILES string of the molecule is C=CC(C(C)C(CCC)CC(C)CC)C(C)N(CC)CC. The summed E-state index contributed by atoms with van der Waals surface area (Å²) in [4.78, 5) is 2.58. The molecule has 0 radical (unpaired) electrons. The Labute approximate surface area is 135 Å². The van der Waals surface area contributed by atoms with Crippen LogP contribution in [-0.2, 0) is 0 Å². The van der Waals surface area contributed by atoms with Gasteiger partial charge >= 0.3 is 0 Å². The van der Waals surface area contributed by atoms with Crippen LogP contribution in [0, 0.1) is 23.7 Å². The molecule has 5 unspecified atom stereocenters. The summed E-state index contributed by atoms with van der Waals surface area (Å²) in [5.74, 6) is 3.02. The van der Waals surface area contributed by atoms with Gasteiger partial charge in [-0.25, -0.2) is 0 Å². The average Bonchev–Trinajstić information content (AvgIpc) is 2.48. The molecule has 0 heterocycles. The van der Waals surface area contributed by atoms with Gasteiger partial charge in [0, 0.05) is 6.04 Å². The van der Waals surface area contributed by atoms with Crippen LogP contribution in [0.5, 0.6) is 0 Å². The van der Waals surface area contributed by atoms with Gasteiger partial charge in [0.05, 0.1) is 0 Å². The summed E-state index contributed by atoms with van der Waals surface area (Å²) in [5, 5.41) is 0. The zero-order valence-electron chi connectivity index (χ0n) is 15.9. The van der Waals surface area contributed by atoms with E-state index in [2.05, 4.69) is 66.0 Å². The molecule has 0 rings (SSSR count). The average molecular weight is 296 g/mol. The topological polar surface area (TPSA) is 3.24 Å². The van der Waals surface area contributed by atoms with Crippen molar-refractivity contribution in [2.45, 2.75) is 80.2 Å². The first kappa shape index (κ1) is 20.7. The van der Waals surface area contributed by atoms with Gasteiger partial charge < -0.3 is 4.90 Å². The zero-order chi connectivity index (χ0) is 16.4. The molecule has 0 spiro atoms. The summed E-state index contributed by atoms with van der Waals surface area (Å²) in [6.45, 7) is 22.9. The molecule has 0 saturated carbocycles. The largest absolute Gasteiger partial charge is 0.301 e.